The number of ether oxygens (including phenoxy) is 1. The van der Waals surface area contributed by atoms with Gasteiger partial charge in [-0.25, -0.2) is 14.3 Å². The molecule has 8 rings (SSSR count). The molecule has 4 aliphatic rings. The molecule has 1 aliphatic carbocycles. The molecule has 4 aromatic rings. The Morgan fingerprint density at radius 3 is 2.83 bits per heavy atom. The molecule has 2 bridgehead atoms. The first-order chi connectivity index (χ1) is 19.5. The highest BCUT2D eigenvalue weighted by Gasteiger charge is 2.50. The van der Waals surface area contributed by atoms with Crippen molar-refractivity contribution in [3.8, 4) is 11.4 Å². The summed E-state index contributed by atoms with van der Waals surface area (Å²) in [5.74, 6) is 0.996. The first-order valence-electron chi connectivity index (χ1n) is 13.8. The average Bonchev–Trinajstić information content (AvgIpc) is 3.71. The molecule has 0 atom stereocenters. The third-order valence-electron chi connectivity index (χ3n) is 8.80. The Kier molecular flexibility index (Phi) is 5.00. The molecular formula is C30H29N7O3. The van der Waals surface area contributed by atoms with Crippen LogP contribution in [0.15, 0.2) is 59.5 Å². The number of hydrogen-bond acceptors (Lipinski definition) is 7. The number of hydrogen-bond donors (Lipinski definition) is 1. The molecule has 10 heteroatoms. The number of nitrogens with one attached hydrogen (secondary N) is 1. The fourth-order valence-corrected chi connectivity index (χ4v) is 6.52. The Balaban J connectivity index is 1.23. The second-order valence-electron chi connectivity index (χ2n) is 11.1. The molecule has 1 fully saturated rings. The maximum absolute atomic E-state index is 13.5. The minimum absolute atomic E-state index is 0.0237. The summed E-state index contributed by atoms with van der Waals surface area (Å²) in [6.45, 7) is 2.01. The summed E-state index contributed by atoms with van der Waals surface area (Å²) in [5, 5.41) is 3.81. The lowest BCUT2D eigenvalue weighted by molar-refractivity contribution is -0.121. The second-order valence-corrected chi connectivity index (χ2v) is 11.1. The first-order valence-corrected chi connectivity index (χ1v) is 13.8. The third kappa shape index (κ3) is 3.45. The van der Waals surface area contributed by atoms with Gasteiger partial charge in [0.2, 0.25) is 5.95 Å². The first kappa shape index (κ1) is 23.4. The van der Waals surface area contributed by atoms with E-state index in [9.17, 15) is 9.59 Å². The number of anilines is 3. The van der Waals surface area contributed by atoms with Gasteiger partial charge in [0, 0.05) is 30.5 Å². The molecular weight excluding hydrogens is 506 g/mol. The molecule has 3 aliphatic heterocycles. The Bertz CT molecular complexity index is 1800. The summed E-state index contributed by atoms with van der Waals surface area (Å²) >= 11 is 0. The van der Waals surface area contributed by atoms with Crippen LogP contribution in [0.3, 0.4) is 0 Å². The van der Waals surface area contributed by atoms with Crippen molar-refractivity contribution >= 4 is 34.3 Å². The predicted molar refractivity (Wildman–Crippen MR) is 152 cm³/mol. The van der Waals surface area contributed by atoms with Crippen LogP contribution in [0.1, 0.15) is 30.4 Å². The number of carbonyl (C=O) groups is 1. The van der Waals surface area contributed by atoms with Crippen molar-refractivity contribution < 1.29 is 9.53 Å². The molecule has 202 valence electrons. The van der Waals surface area contributed by atoms with Crippen LogP contribution in [0.5, 0.6) is 5.75 Å². The maximum Gasteiger partial charge on any atom is 0.278 e. The predicted octanol–water partition coefficient (Wildman–Crippen LogP) is 3.49. The van der Waals surface area contributed by atoms with Gasteiger partial charge in [-0.1, -0.05) is 18.2 Å². The number of rotatable bonds is 2. The zero-order chi connectivity index (χ0) is 27.0. The smallest absolute Gasteiger partial charge is 0.278 e. The highest BCUT2D eigenvalue weighted by Crippen LogP contribution is 2.53. The van der Waals surface area contributed by atoms with E-state index < -0.39 is 0 Å². The van der Waals surface area contributed by atoms with Crippen LogP contribution in [0.4, 0.5) is 17.3 Å². The van der Waals surface area contributed by atoms with Gasteiger partial charge in [-0.2, -0.15) is 4.98 Å². The summed E-state index contributed by atoms with van der Waals surface area (Å²) in [6.07, 6.45) is 9.68. The van der Waals surface area contributed by atoms with Gasteiger partial charge < -0.3 is 15.0 Å². The number of benzene rings is 2. The lowest BCUT2D eigenvalue weighted by Gasteiger charge is -2.35. The Morgan fingerprint density at radius 1 is 1.05 bits per heavy atom. The van der Waals surface area contributed by atoms with Crippen molar-refractivity contribution in [2.75, 3.05) is 37.0 Å². The number of carbonyl (C=O) groups excluding carboxylic acids is 1. The van der Waals surface area contributed by atoms with E-state index in [-0.39, 0.29) is 23.6 Å². The second kappa shape index (κ2) is 8.53. The standard InChI is InChI=1S/C30H29N7O3/c1-34-14-9-19-15-20(5-7-23(19)30(34)10-11-30)32-29-31-17-22-27(33-29)37-21-6-8-25-24(16-21)35(26(38)18-40-25)12-3-2-4-13-36(37)28(22)39/h2,4-8,15-17H,3,9-14,18H2,1H3,(H,31,32,33). The quantitative estimate of drug-likeness (QED) is 0.393. The minimum atomic E-state index is -0.167. The molecule has 10 nitrogen and oxygen atoms in total. The van der Waals surface area contributed by atoms with Crippen LogP contribution < -0.4 is 20.5 Å². The van der Waals surface area contributed by atoms with Crippen molar-refractivity contribution in [3.63, 3.8) is 0 Å². The van der Waals surface area contributed by atoms with Crippen molar-refractivity contribution in [1.82, 2.24) is 24.2 Å². The van der Waals surface area contributed by atoms with Gasteiger partial charge in [0.25, 0.3) is 11.5 Å². The van der Waals surface area contributed by atoms with Gasteiger partial charge in [-0.3, -0.25) is 14.5 Å². The Hall–Kier alpha value is -4.44. The molecule has 0 radical (unpaired) electrons. The van der Waals surface area contributed by atoms with Crippen LogP contribution in [0.2, 0.25) is 0 Å². The van der Waals surface area contributed by atoms with E-state index in [0.29, 0.717) is 47.9 Å². The van der Waals surface area contributed by atoms with Gasteiger partial charge in [-0.15, -0.1) is 0 Å². The number of fused-ring (bicyclic) bond motifs is 7. The molecule has 5 heterocycles. The van der Waals surface area contributed by atoms with Crippen LogP contribution in [0.25, 0.3) is 16.7 Å². The van der Waals surface area contributed by atoms with Gasteiger partial charge in [0.05, 0.1) is 17.9 Å². The van der Waals surface area contributed by atoms with Crippen molar-refractivity contribution in [2.24, 2.45) is 0 Å². The molecule has 0 saturated heterocycles. The number of aromatic nitrogens is 4. The Morgan fingerprint density at radius 2 is 1.95 bits per heavy atom. The number of nitrogens with zero attached hydrogens (tertiary/aromatic N) is 6. The molecule has 40 heavy (non-hydrogen) atoms. The highest BCUT2D eigenvalue weighted by molar-refractivity contribution is 5.98. The number of likely N-dealkylation sites (N-methyl/N-ethyl adjacent to an activating group) is 1. The minimum Gasteiger partial charge on any atom is -0.482 e. The van der Waals surface area contributed by atoms with Crippen molar-refractivity contribution in [1.29, 1.82) is 0 Å². The van der Waals surface area contributed by atoms with Crippen LogP contribution in [0, 0.1) is 0 Å². The average molecular weight is 536 g/mol. The largest absolute Gasteiger partial charge is 0.482 e. The van der Waals surface area contributed by atoms with Gasteiger partial charge >= 0.3 is 0 Å². The van der Waals surface area contributed by atoms with E-state index in [2.05, 4.69) is 40.4 Å². The molecule has 1 amide bonds. The summed E-state index contributed by atoms with van der Waals surface area (Å²) < 4.78 is 9.17. The Labute approximate surface area is 230 Å². The van der Waals surface area contributed by atoms with Crippen LogP contribution >= 0.6 is 0 Å². The monoisotopic (exact) mass is 535 g/mol. The fourth-order valence-electron chi connectivity index (χ4n) is 6.52. The lowest BCUT2D eigenvalue weighted by atomic mass is 9.90. The summed E-state index contributed by atoms with van der Waals surface area (Å²) in [4.78, 5) is 39.8. The van der Waals surface area contributed by atoms with Crippen molar-refractivity contribution in [2.45, 2.75) is 37.8 Å². The van der Waals surface area contributed by atoms with E-state index in [1.807, 2.05) is 35.0 Å². The molecule has 2 aromatic heterocycles. The van der Waals surface area contributed by atoms with E-state index in [1.54, 1.807) is 15.8 Å². The van der Waals surface area contributed by atoms with Crippen molar-refractivity contribution in [3.05, 3.63) is 76.2 Å². The summed E-state index contributed by atoms with van der Waals surface area (Å²) in [7, 11) is 2.22. The number of allylic oxidation sites excluding steroid dienone is 1. The van der Waals surface area contributed by atoms with E-state index in [4.69, 9.17) is 9.72 Å². The zero-order valence-electron chi connectivity index (χ0n) is 22.3. The SMILES string of the molecule is CN1CCc2cc(Nc3ncc4c(=O)n5n(c4n3)-c3ccc4c(c3)N(CCC=CC5)C(=O)CO4)ccc2C12CC2. The number of amides is 1. The van der Waals surface area contributed by atoms with Gasteiger partial charge in [-0.05, 0) is 74.2 Å². The van der Waals surface area contributed by atoms with Gasteiger partial charge in [0.15, 0.2) is 12.3 Å². The van der Waals surface area contributed by atoms with E-state index in [1.165, 1.54) is 24.0 Å². The van der Waals surface area contributed by atoms with Gasteiger partial charge in [0.1, 0.15) is 11.1 Å². The fraction of sp³-hybridized carbons (Fsp3) is 0.333. The molecule has 1 spiro atoms. The third-order valence-corrected chi connectivity index (χ3v) is 8.80. The molecule has 1 saturated carbocycles. The lowest BCUT2D eigenvalue weighted by Crippen LogP contribution is -2.39. The summed E-state index contributed by atoms with van der Waals surface area (Å²) in [6, 6.07) is 12.2. The van der Waals surface area contributed by atoms with E-state index >= 15 is 0 Å². The normalized spacial score (nSPS) is 19.1. The van der Waals surface area contributed by atoms with Crippen LogP contribution in [-0.2, 0) is 23.3 Å². The molecule has 1 N–H and O–H groups in total. The summed E-state index contributed by atoms with van der Waals surface area (Å²) in [5.41, 5.74) is 5.71. The highest BCUT2D eigenvalue weighted by atomic mass is 16.5. The van der Waals surface area contributed by atoms with Crippen LogP contribution in [-0.4, -0.2) is 56.9 Å². The molecule has 0 unspecified atom stereocenters. The van der Waals surface area contributed by atoms with E-state index in [0.717, 1.165) is 24.3 Å². The topological polar surface area (TPSA) is 97.5 Å². The molecule has 2 aromatic carbocycles. The zero-order valence-corrected chi connectivity index (χ0v) is 22.3. The maximum atomic E-state index is 13.5.